The number of rotatable bonds is 3. The van der Waals surface area contributed by atoms with Crippen molar-refractivity contribution in [2.75, 3.05) is 26.7 Å². The molecule has 1 heterocycles. The van der Waals surface area contributed by atoms with Crippen LogP contribution in [0.15, 0.2) is 12.7 Å². The quantitative estimate of drug-likeness (QED) is 0.573. The van der Waals surface area contributed by atoms with Gasteiger partial charge in [-0.25, -0.2) is 0 Å². The van der Waals surface area contributed by atoms with Gasteiger partial charge >= 0.3 is 0 Å². The molecular formula is C8H16N2. The summed E-state index contributed by atoms with van der Waals surface area (Å²) in [6.07, 6.45) is 3.20. The summed E-state index contributed by atoms with van der Waals surface area (Å²) in [6.45, 7) is 7.03. The summed E-state index contributed by atoms with van der Waals surface area (Å²) in [5, 5.41) is 3.40. The zero-order valence-electron chi connectivity index (χ0n) is 6.64. The largest absolute Gasteiger partial charge is 0.309 e. The molecule has 1 fully saturated rings. The molecule has 0 spiro atoms. The van der Waals surface area contributed by atoms with Crippen LogP contribution in [0.25, 0.3) is 0 Å². The minimum Gasteiger partial charge on any atom is -0.309 e. The molecule has 0 aromatic carbocycles. The molecule has 1 saturated heterocycles. The molecule has 10 heavy (non-hydrogen) atoms. The van der Waals surface area contributed by atoms with Gasteiger partial charge in [0.05, 0.1) is 0 Å². The van der Waals surface area contributed by atoms with Crippen molar-refractivity contribution in [3.8, 4) is 0 Å². The first-order valence-electron chi connectivity index (χ1n) is 3.85. The molecule has 0 radical (unpaired) electrons. The fraction of sp³-hybridized carbons (Fsp3) is 0.750. The van der Waals surface area contributed by atoms with E-state index >= 15 is 0 Å². The number of likely N-dealkylation sites (tertiary alicyclic amines) is 1. The third-order valence-corrected chi connectivity index (χ3v) is 1.94. The average Bonchev–Trinajstić information content (AvgIpc) is 2.31. The van der Waals surface area contributed by atoms with E-state index in [0.717, 1.165) is 6.54 Å². The van der Waals surface area contributed by atoms with Gasteiger partial charge in [0.25, 0.3) is 0 Å². The highest BCUT2D eigenvalue weighted by Crippen LogP contribution is 2.04. The van der Waals surface area contributed by atoms with Crippen molar-refractivity contribution < 1.29 is 0 Å². The monoisotopic (exact) mass is 140 g/mol. The van der Waals surface area contributed by atoms with E-state index in [1.807, 2.05) is 6.08 Å². The van der Waals surface area contributed by atoms with Crippen molar-refractivity contribution in [2.24, 2.45) is 0 Å². The second kappa shape index (κ2) is 3.74. The van der Waals surface area contributed by atoms with Crippen molar-refractivity contribution in [2.45, 2.75) is 12.5 Å². The lowest BCUT2D eigenvalue weighted by Gasteiger charge is -2.10. The van der Waals surface area contributed by atoms with Gasteiger partial charge in [-0.1, -0.05) is 6.08 Å². The highest BCUT2D eigenvalue weighted by atomic mass is 15.2. The second-order valence-electron chi connectivity index (χ2n) is 2.94. The molecule has 0 saturated carbocycles. The maximum absolute atomic E-state index is 3.66. The molecule has 58 valence electrons. The van der Waals surface area contributed by atoms with Gasteiger partial charge in [0.1, 0.15) is 0 Å². The summed E-state index contributed by atoms with van der Waals surface area (Å²) in [6, 6.07) is 0.697. The van der Waals surface area contributed by atoms with Gasteiger partial charge < -0.3 is 10.2 Å². The van der Waals surface area contributed by atoms with Crippen LogP contribution in [0.5, 0.6) is 0 Å². The first kappa shape index (κ1) is 7.76. The van der Waals surface area contributed by atoms with Crippen LogP contribution in [-0.4, -0.2) is 37.6 Å². The fourth-order valence-electron chi connectivity index (χ4n) is 1.35. The van der Waals surface area contributed by atoms with Crippen molar-refractivity contribution in [3.05, 3.63) is 12.7 Å². The summed E-state index contributed by atoms with van der Waals surface area (Å²) in [5.74, 6) is 0. The molecule has 1 aliphatic heterocycles. The maximum Gasteiger partial charge on any atom is 0.0210 e. The fourth-order valence-corrected chi connectivity index (χ4v) is 1.35. The van der Waals surface area contributed by atoms with Crippen molar-refractivity contribution in [3.63, 3.8) is 0 Å². The van der Waals surface area contributed by atoms with Crippen LogP contribution in [0.4, 0.5) is 0 Å². The average molecular weight is 140 g/mol. The highest BCUT2D eigenvalue weighted by Gasteiger charge is 2.17. The molecular weight excluding hydrogens is 124 g/mol. The van der Waals surface area contributed by atoms with Gasteiger partial charge in [-0.3, -0.25) is 0 Å². The molecule has 0 aliphatic carbocycles. The summed E-state index contributed by atoms with van der Waals surface area (Å²) in [5.41, 5.74) is 0. The Morgan fingerprint density at radius 1 is 1.80 bits per heavy atom. The minimum absolute atomic E-state index is 0.697. The van der Waals surface area contributed by atoms with Crippen LogP contribution in [0.2, 0.25) is 0 Å². The minimum atomic E-state index is 0.697. The smallest absolute Gasteiger partial charge is 0.0210 e. The lowest BCUT2D eigenvalue weighted by molar-refractivity contribution is 0.401. The van der Waals surface area contributed by atoms with Crippen molar-refractivity contribution >= 4 is 0 Å². The van der Waals surface area contributed by atoms with Crippen LogP contribution in [0.3, 0.4) is 0 Å². The summed E-state index contributed by atoms with van der Waals surface area (Å²) in [7, 11) is 2.16. The topological polar surface area (TPSA) is 15.3 Å². The Morgan fingerprint density at radius 2 is 2.60 bits per heavy atom. The Hall–Kier alpha value is -0.340. The third-order valence-electron chi connectivity index (χ3n) is 1.94. The number of hydrogen-bond donors (Lipinski definition) is 1. The number of nitrogens with zero attached hydrogens (tertiary/aromatic N) is 1. The molecule has 0 amide bonds. The highest BCUT2D eigenvalue weighted by molar-refractivity contribution is 4.81. The van der Waals surface area contributed by atoms with E-state index in [1.54, 1.807) is 0 Å². The van der Waals surface area contributed by atoms with E-state index < -0.39 is 0 Å². The molecule has 0 aromatic heterocycles. The molecule has 2 nitrogen and oxygen atoms in total. The zero-order chi connectivity index (χ0) is 7.40. The molecule has 1 N–H and O–H groups in total. The number of nitrogens with one attached hydrogen (secondary N) is 1. The Balaban J connectivity index is 2.12. The van der Waals surface area contributed by atoms with E-state index in [-0.39, 0.29) is 0 Å². The van der Waals surface area contributed by atoms with E-state index in [0.29, 0.717) is 6.04 Å². The van der Waals surface area contributed by atoms with E-state index in [4.69, 9.17) is 0 Å². The lowest BCUT2D eigenvalue weighted by atomic mass is 10.2. The summed E-state index contributed by atoms with van der Waals surface area (Å²) < 4.78 is 0. The van der Waals surface area contributed by atoms with E-state index in [2.05, 4.69) is 23.8 Å². The summed E-state index contributed by atoms with van der Waals surface area (Å²) in [4.78, 5) is 2.35. The zero-order valence-corrected chi connectivity index (χ0v) is 6.64. The molecule has 1 rings (SSSR count). The lowest BCUT2D eigenvalue weighted by Crippen LogP contribution is -2.31. The predicted molar refractivity (Wildman–Crippen MR) is 44.1 cm³/mol. The van der Waals surface area contributed by atoms with Crippen LogP contribution >= 0.6 is 0 Å². The van der Waals surface area contributed by atoms with Gasteiger partial charge in [-0.15, -0.1) is 6.58 Å². The van der Waals surface area contributed by atoms with Gasteiger partial charge in [-0.2, -0.15) is 0 Å². The Morgan fingerprint density at radius 3 is 3.10 bits per heavy atom. The molecule has 0 bridgehead atoms. The van der Waals surface area contributed by atoms with Crippen molar-refractivity contribution in [1.29, 1.82) is 0 Å². The predicted octanol–water partition coefficient (Wildman–Crippen LogP) is 0.466. The molecule has 0 aromatic rings. The first-order chi connectivity index (χ1) is 4.83. The first-order valence-corrected chi connectivity index (χ1v) is 3.85. The third kappa shape index (κ3) is 2.12. The normalized spacial score (nSPS) is 27.1. The van der Waals surface area contributed by atoms with Crippen LogP contribution in [-0.2, 0) is 0 Å². The van der Waals surface area contributed by atoms with Crippen molar-refractivity contribution in [1.82, 2.24) is 10.2 Å². The SMILES string of the molecule is C=CCNC1CCN(C)C1. The molecule has 1 aliphatic rings. The Bertz CT molecular complexity index is 112. The maximum atomic E-state index is 3.66. The Kier molecular flexibility index (Phi) is 2.90. The summed E-state index contributed by atoms with van der Waals surface area (Å²) >= 11 is 0. The van der Waals surface area contributed by atoms with Gasteiger partial charge in [0.2, 0.25) is 0 Å². The van der Waals surface area contributed by atoms with Gasteiger partial charge in [0.15, 0.2) is 0 Å². The number of likely N-dealkylation sites (N-methyl/N-ethyl adjacent to an activating group) is 1. The molecule has 1 unspecified atom stereocenters. The van der Waals surface area contributed by atoms with E-state index in [9.17, 15) is 0 Å². The van der Waals surface area contributed by atoms with Gasteiger partial charge in [0, 0.05) is 19.1 Å². The van der Waals surface area contributed by atoms with E-state index in [1.165, 1.54) is 19.5 Å². The Labute approximate surface area is 62.9 Å². The second-order valence-corrected chi connectivity index (χ2v) is 2.94. The van der Waals surface area contributed by atoms with Crippen LogP contribution in [0.1, 0.15) is 6.42 Å². The standard InChI is InChI=1S/C8H16N2/c1-3-5-9-8-4-6-10(2)7-8/h3,8-9H,1,4-7H2,2H3. The molecule has 2 heteroatoms. The molecule has 1 atom stereocenters. The number of hydrogen-bond acceptors (Lipinski definition) is 2. The van der Waals surface area contributed by atoms with Crippen LogP contribution in [0, 0.1) is 0 Å². The van der Waals surface area contributed by atoms with Crippen LogP contribution < -0.4 is 5.32 Å². The van der Waals surface area contributed by atoms with Gasteiger partial charge in [-0.05, 0) is 20.0 Å².